The monoisotopic (exact) mass is 329 g/mol. The largest absolute Gasteiger partial charge is 0.497 e. The summed E-state index contributed by atoms with van der Waals surface area (Å²) in [5.74, 6) is 0.626. The number of rotatable bonds is 9. The fourth-order valence-electron chi connectivity index (χ4n) is 2.21. The minimum absolute atomic E-state index is 0.205. The molecular weight excluding hydrogens is 306 g/mol. The first-order valence-corrected chi connectivity index (χ1v) is 8.93. The van der Waals surface area contributed by atoms with Crippen LogP contribution in [0.5, 0.6) is 5.75 Å². The summed E-state index contributed by atoms with van der Waals surface area (Å²) in [7, 11) is -1.93. The van der Waals surface area contributed by atoms with E-state index in [2.05, 4.69) is 4.72 Å². The Labute approximate surface area is 131 Å². The van der Waals surface area contributed by atoms with Gasteiger partial charge in [-0.1, -0.05) is 0 Å². The van der Waals surface area contributed by atoms with E-state index in [1.807, 2.05) is 0 Å². The van der Waals surface area contributed by atoms with Crippen molar-refractivity contribution in [3.05, 3.63) is 24.3 Å². The lowest BCUT2D eigenvalue weighted by Crippen LogP contribution is -2.26. The van der Waals surface area contributed by atoms with Gasteiger partial charge < -0.3 is 14.2 Å². The van der Waals surface area contributed by atoms with Crippen LogP contribution >= 0.6 is 0 Å². The summed E-state index contributed by atoms with van der Waals surface area (Å²) in [5.41, 5.74) is 0. The van der Waals surface area contributed by atoms with E-state index in [1.165, 1.54) is 12.1 Å². The Morgan fingerprint density at radius 2 is 2.09 bits per heavy atom. The molecule has 6 nitrogen and oxygen atoms in total. The third-order valence-electron chi connectivity index (χ3n) is 3.46. The second-order valence-electron chi connectivity index (χ2n) is 5.14. The molecule has 1 aromatic carbocycles. The molecule has 1 heterocycles. The molecule has 0 aromatic heterocycles. The number of sulfonamides is 1. The van der Waals surface area contributed by atoms with E-state index in [9.17, 15) is 8.42 Å². The van der Waals surface area contributed by atoms with Gasteiger partial charge in [-0.25, -0.2) is 13.1 Å². The van der Waals surface area contributed by atoms with E-state index in [4.69, 9.17) is 14.2 Å². The maximum atomic E-state index is 12.1. The first kappa shape index (κ1) is 17.2. The summed E-state index contributed by atoms with van der Waals surface area (Å²) >= 11 is 0. The molecule has 0 bridgehead atoms. The van der Waals surface area contributed by atoms with Crippen molar-refractivity contribution in [1.29, 1.82) is 0 Å². The van der Waals surface area contributed by atoms with Crippen molar-refractivity contribution in [3.63, 3.8) is 0 Å². The van der Waals surface area contributed by atoms with Gasteiger partial charge in [0.15, 0.2) is 0 Å². The molecule has 7 heteroatoms. The Morgan fingerprint density at radius 3 is 2.73 bits per heavy atom. The molecule has 0 amide bonds. The predicted molar refractivity (Wildman–Crippen MR) is 82.6 cm³/mol. The van der Waals surface area contributed by atoms with Crippen LogP contribution in [0.25, 0.3) is 0 Å². The van der Waals surface area contributed by atoms with Crippen LogP contribution in [0, 0.1) is 0 Å². The van der Waals surface area contributed by atoms with E-state index in [1.54, 1.807) is 19.2 Å². The Kier molecular flexibility index (Phi) is 6.63. The number of methoxy groups -OCH3 is 1. The summed E-state index contributed by atoms with van der Waals surface area (Å²) in [6.45, 7) is 2.27. The van der Waals surface area contributed by atoms with Gasteiger partial charge in [0.05, 0.1) is 24.7 Å². The number of benzene rings is 1. The van der Waals surface area contributed by atoms with Gasteiger partial charge in [-0.2, -0.15) is 0 Å². The molecule has 0 saturated carbocycles. The molecule has 1 N–H and O–H groups in total. The van der Waals surface area contributed by atoms with Crippen molar-refractivity contribution in [1.82, 2.24) is 4.72 Å². The van der Waals surface area contributed by atoms with Gasteiger partial charge in [0.1, 0.15) is 5.75 Å². The highest BCUT2D eigenvalue weighted by Gasteiger charge is 2.15. The van der Waals surface area contributed by atoms with E-state index in [-0.39, 0.29) is 11.0 Å². The first-order valence-electron chi connectivity index (χ1n) is 7.45. The van der Waals surface area contributed by atoms with Crippen LogP contribution in [0.15, 0.2) is 29.2 Å². The predicted octanol–water partition coefficient (Wildman–Crippen LogP) is 1.56. The van der Waals surface area contributed by atoms with Crippen molar-refractivity contribution in [2.75, 3.05) is 33.5 Å². The van der Waals surface area contributed by atoms with Crippen molar-refractivity contribution in [2.24, 2.45) is 0 Å². The van der Waals surface area contributed by atoms with Gasteiger partial charge in [-0.15, -0.1) is 0 Å². The summed E-state index contributed by atoms with van der Waals surface area (Å²) in [6, 6.07) is 6.29. The number of nitrogens with one attached hydrogen (secondary N) is 1. The molecule has 2 rings (SSSR count). The Hall–Kier alpha value is -1.15. The van der Waals surface area contributed by atoms with Crippen molar-refractivity contribution < 1.29 is 22.6 Å². The van der Waals surface area contributed by atoms with Gasteiger partial charge in [0.25, 0.3) is 0 Å². The maximum absolute atomic E-state index is 12.1. The number of ether oxygens (including phenoxy) is 3. The quantitative estimate of drug-likeness (QED) is 0.696. The van der Waals surface area contributed by atoms with Gasteiger partial charge in [0, 0.05) is 19.8 Å². The fourth-order valence-corrected chi connectivity index (χ4v) is 3.28. The smallest absolute Gasteiger partial charge is 0.240 e. The molecule has 1 aliphatic heterocycles. The van der Waals surface area contributed by atoms with Crippen LogP contribution in [0.4, 0.5) is 0 Å². The molecule has 22 heavy (non-hydrogen) atoms. The van der Waals surface area contributed by atoms with Crippen LogP contribution in [-0.4, -0.2) is 48.0 Å². The van der Waals surface area contributed by atoms with E-state index in [0.29, 0.717) is 31.9 Å². The second-order valence-corrected chi connectivity index (χ2v) is 6.90. The van der Waals surface area contributed by atoms with Crippen molar-refractivity contribution in [2.45, 2.75) is 30.3 Å². The molecule has 1 aromatic rings. The van der Waals surface area contributed by atoms with Gasteiger partial charge >= 0.3 is 0 Å². The second kappa shape index (κ2) is 8.47. The Morgan fingerprint density at radius 1 is 1.32 bits per heavy atom. The van der Waals surface area contributed by atoms with E-state index < -0.39 is 10.0 Å². The highest BCUT2D eigenvalue weighted by molar-refractivity contribution is 7.89. The average molecular weight is 329 g/mol. The van der Waals surface area contributed by atoms with Crippen LogP contribution in [0.1, 0.15) is 19.3 Å². The van der Waals surface area contributed by atoms with Crippen LogP contribution in [0.2, 0.25) is 0 Å². The lowest BCUT2D eigenvalue weighted by atomic mass is 10.2. The highest BCUT2D eigenvalue weighted by Crippen LogP contribution is 2.15. The molecule has 0 aliphatic carbocycles. The molecule has 1 atom stereocenters. The molecule has 1 saturated heterocycles. The topological polar surface area (TPSA) is 73.9 Å². The standard InChI is InChI=1S/C15H23NO5S/c1-19-13-5-7-15(8-6-13)22(17,18)16-9-3-10-20-12-14-4-2-11-21-14/h5-8,14,16H,2-4,9-12H2,1H3. The van der Waals surface area contributed by atoms with Crippen molar-refractivity contribution >= 4 is 10.0 Å². The highest BCUT2D eigenvalue weighted by atomic mass is 32.2. The third-order valence-corrected chi connectivity index (χ3v) is 4.93. The van der Waals surface area contributed by atoms with Gasteiger partial charge in [-0.3, -0.25) is 0 Å². The zero-order chi connectivity index (χ0) is 15.8. The van der Waals surface area contributed by atoms with Gasteiger partial charge in [-0.05, 0) is 43.5 Å². The zero-order valence-corrected chi connectivity index (χ0v) is 13.6. The Bertz CT molecular complexity index is 538. The molecule has 0 radical (unpaired) electrons. The summed E-state index contributed by atoms with van der Waals surface area (Å²) in [5, 5.41) is 0. The van der Waals surface area contributed by atoms with E-state index >= 15 is 0 Å². The van der Waals surface area contributed by atoms with Crippen LogP contribution in [0.3, 0.4) is 0 Å². The molecule has 0 spiro atoms. The normalized spacial score (nSPS) is 18.5. The van der Waals surface area contributed by atoms with Crippen LogP contribution < -0.4 is 9.46 Å². The molecule has 1 unspecified atom stereocenters. The molecule has 1 fully saturated rings. The summed E-state index contributed by atoms with van der Waals surface area (Å²) < 4.78 is 42.6. The van der Waals surface area contributed by atoms with E-state index in [0.717, 1.165) is 19.4 Å². The number of hydrogen-bond acceptors (Lipinski definition) is 5. The zero-order valence-electron chi connectivity index (χ0n) is 12.8. The first-order chi connectivity index (χ1) is 10.6. The lowest BCUT2D eigenvalue weighted by Gasteiger charge is -2.10. The van der Waals surface area contributed by atoms with Crippen LogP contribution in [-0.2, 0) is 19.5 Å². The molecule has 1 aliphatic rings. The molecule has 124 valence electrons. The average Bonchev–Trinajstić information content (AvgIpc) is 3.04. The fraction of sp³-hybridized carbons (Fsp3) is 0.600. The SMILES string of the molecule is COc1ccc(S(=O)(=O)NCCCOCC2CCCO2)cc1. The maximum Gasteiger partial charge on any atom is 0.240 e. The minimum atomic E-state index is -3.47. The number of hydrogen-bond donors (Lipinski definition) is 1. The van der Waals surface area contributed by atoms with Crippen molar-refractivity contribution in [3.8, 4) is 5.75 Å². The molecular formula is C15H23NO5S. The minimum Gasteiger partial charge on any atom is -0.497 e. The third kappa shape index (κ3) is 5.24. The summed E-state index contributed by atoms with van der Waals surface area (Å²) in [6.07, 6.45) is 2.97. The summed E-state index contributed by atoms with van der Waals surface area (Å²) in [4.78, 5) is 0.230. The lowest BCUT2D eigenvalue weighted by molar-refractivity contribution is 0.0169. The Balaban J connectivity index is 1.66. The van der Waals surface area contributed by atoms with Gasteiger partial charge in [0.2, 0.25) is 10.0 Å².